The van der Waals surface area contributed by atoms with E-state index in [1.807, 2.05) is 60.7 Å². The first-order valence-corrected chi connectivity index (χ1v) is 9.99. The molecule has 1 aliphatic heterocycles. The summed E-state index contributed by atoms with van der Waals surface area (Å²) in [4.78, 5) is 27.4. The van der Waals surface area contributed by atoms with Gasteiger partial charge in [-0.25, -0.2) is 0 Å². The predicted octanol–water partition coefficient (Wildman–Crippen LogP) is 4.75. The highest BCUT2D eigenvalue weighted by Gasteiger charge is 2.50. The molecule has 0 saturated carbocycles. The Balaban J connectivity index is 1.63. The van der Waals surface area contributed by atoms with Crippen LogP contribution in [0.2, 0.25) is 5.02 Å². The van der Waals surface area contributed by atoms with Crippen molar-refractivity contribution in [3.05, 3.63) is 107 Å². The van der Waals surface area contributed by atoms with Gasteiger partial charge in [-0.05, 0) is 35.4 Å². The summed E-state index contributed by atoms with van der Waals surface area (Å²) in [6.45, 7) is 0.296. The van der Waals surface area contributed by atoms with Gasteiger partial charge in [0.15, 0.2) is 11.4 Å². The Morgan fingerprint density at radius 2 is 1.67 bits per heavy atom. The zero-order valence-corrected chi connectivity index (χ0v) is 16.9. The molecule has 0 aromatic heterocycles. The normalized spacial score (nSPS) is 18.1. The number of hydrogen-bond acceptors (Lipinski definition) is 3. The van der Waals surface area contributed by atoms with Crippen LogP contribution in [0, 0.1) is 0 Å². The van der Waals surface area contributed by atoms with Crippen LogP contribution in [0.25, 0.3) is 6.08 Å². The fourth-order valence-electron chi connectivity index (χ4n) is 3.68. The summed E-state index contributed by atoms with van der Waals surface area (Å²) < 4.78 is 0. The van der Waals surface area contributed by atoms with E-state index in [1.54, 1.807) is 24.3 Å². The third-order valence-electron chi connectivity index (χ3n) is 5.17. The molecule has 4 rings (SSSR count). The number of hydrogen-bond donors (Lipinski definition) is 1. The minimum Gasteiger partial charge on any atom is -0.375 e. The van der Waals surface area contributed by atoms with Crippen molar-refractivity contribution in [2.75, 3.05) is 4.90 Å². The van der Waals surface area contributed by atoms with Crippen LogP contribution in [0.15, 0.2) is 84.9 Å². The summed E-state index contributed by atoms with van der Waals surface area (Å²) in [5.74, 6) is -0.868. The topological polar surface area (TPSA) is 57.6 Å². The van der Waals surface area contributed by atoms with Crippen LogP contribution in [0.4, 0.5) is 5.69 Å². The zero-order valence-electron chi connectivity index (χ0n) is 16.2. The second kappa shape index (κ2) is 8.27. The Hall–Kier alpha value is -3.21. The fourth-order valence-corrected chi connectivity index (χ4v) is 3.85. The molecule has 5 heteroatoms. The van der Waals surface area contributed by atoms with Crippen molar-refractivity contribution in [2.24, 2.45) is 0 Å². The molecular formula is C25H20ClNO3. The molecule has 0 aliphatic carbocycles. The molecule has 1 N–H and O–H groups in total. The Morgan fingerprint density at radius 3 is 2.37 bits per heavy atom. The van der Waals surface area contributed by atoms with Gasteiger partial charge in [-0.3, -0.25) is 9.59 Å². The van der Waals surface area contributed by atoms with Crippen LogP contribution in [0.5, 0.6) is 0 Å². The number of benzene rings is 3. The standard InChI is InChI=1S/C25H20ClNO3/c26-20-12-14-23-22(15-20)25(30,16-21(28)13-11-18-7-3-1-4-8-18)24(29)27(23)17-19-9-5-2-6-10-19/h1-15,30H,16-17H2. The second-order valence-corrected chi connectivity index (χ2v) is 7.72. The van der Waals surface area contributed by atoms with E-state index in [9.17, 15) is 14.7 Å². The number of amides is 1. The molecule has 0 saturated heterocycles. The van der Waals surface area contributed by atoms with Gasteiger partial charge in [-0.15, -0.1) is 0 Å². The van der Waals surface area contributed by atoms with E-state index in [1.165, 1.54) is 11.0 Å². The van der Waals surface area contributed by atoms with E-state index in [0.717, 1.165) is 11.1 Å². The van der Waals surface area contributed by atoms with Gasteiger partial charge in [0.25, 0.3) is 5.91 Å². The largest absolute Gasteiger partial charge is 0.375 e. The number of carbonyl (C=O) groups excluding carboxylic acids is 2. The van der Waals surface area contributed by atoms with Crippen molar-refractivity contribution in [3.63, 3.8) is 0 Å². The Labute approximate surface area is 180 Å². The van der Waals surface area contributed by atoms with Crippen LogP contribution in [0.3, 0.4) is 0 Å². The molecule has 1 amide bonds. The summed E-state index contributed by atoms with van der Waals surface area (Å²) in [5.41, 5.74) is 0.761. The number of nitrogens with zero attached hydrogens (tertiary/aromatic N) is 1. The SMILES string of the molecule is O=C(C=Cc1ccccc1)CC1(O)C(=O)N(Cc2ccccc2)c2ccc(Cl)cc21. The second-order valence-electron chi connectivity index (χ2n) is 7.29. The van der Waals surface area contributed by atoms with E-state index in [0.29, 0.717) is 22.8 Å². The molecule has 0 fully saturated rings. The smallest absolute Gasteiger partial charge is 0.264 e. The van der Waals surface area contributed by atoms with E-state index in [4.69, 9.17) is 11.6 Å². The fraction of sp³-hybridized carbons (Fsp3) is 0.120. The number of halogens is 1. The Kier molecular flexibility index (Phi) is 5.53. The molecule has 150 valence electrons. The number of fused-ring (bicyclic) bond motifs is 1. The van der Waals surface area contributed by atoms with Gasteiger partial charge >= 0.3 is 0 Å². The lowest BCUT2D eigenvalue weighted by Gasteiger charge is -2.22. The third kappa shape index (κ3) is 3.92. The van der Waals surface area contributed by atoms with E-state index in [-0.39, 0.29) is 12.2 Å². The summed E-state index contributed by atoms with van der Waals surface area (Å²) in [7, 11) is 0. The number of anilines is 1. The molecule has 1 aliphatic rings. The summed E-state index contributed by atoms with van der Waals surface area (Å²) in [6, 6.07) is 23.8. The van der Waals surface area contributed by atoms with Gasteiger partial charge < -0.3 is 10.0 Å². The highest BCUT2D eigenvalue weighted by Crippen LogP contribution is 2.44. The molecule has 1 atom stereocenters. The Bertz CT molecular complexity index is 1110. The average Bonchev–Trinajstić information content (AvgIpc) is 2.95. The molecular weight excluding hydrogens is 398 g/mol. The maximum Gasteiger partial charge on any atom is 0.264 e. The maximum atomic E-state index is 13.3. The quantitative estimate of drug-likeness (QED) is 0.589. The van der Waals surface area contributed by atoms with Gasteiger partial charge in [0, 0.05) is 10.6 Å². The average molecular weight is 418 g/mol. The van der Waals surface area contributed by atoms with E-state index in [2.05, 4.69) is 0 Å². The first-order valence-electron chi connectivity index (χ1n) is 9.62. The van der Waals surface area contributed by atoms with Crippen molar-refractivity contribution < 1.29 is 14.7 Å². The molecule has 30 heavy (non-hydrogen) atoms. The molecule has 1 heterocycles. The maximum absolute atomic E-state index is 13.3. The molecule has 1 unspecified atom stereocenters. The van der Waals surface area contributed by atoms with Gasteiger partial charge in [0.1, 0.15) is 0 Å². The first-order chi connectivity index (χ1) is 14.5. The van der Waals surface area contributed by atoms with Crippen LogP contribution in [0.1, 0.15) is 23.1 Å². The third-order valence-corrected chi connectivity index (χ3v) is 5.40. The first kappa shape index (κ1) is 20.1. The number of allylic oxidation sites excluding steroid dienone is 1. The van der Waals surface area contributed by atoms with E-state index < -0.39 is 11.5 Å². The highest BCUT2D eigenvalue weighted by atomic mass is 35.5. The predicted molar refractivity (Wildman–Crippen MR) is 118 cm³/mol. The van der Waals surface area contributed by atoms with Crippen LogP contribution in [-0.2, 0) is 21.7 Å². The van der Waals surface area contributed by atoms with Gasteiger partial charge in [-0.1, -0.05) is 78.3 Å². The molecule has 4 nitrogen and oxygen atoms in total. The van der Waals surface area contributed by atoms with Crippen LogP contribution in [-0.4, -0.2) is 16.8 Å². The van der Waals surface area contributed by atoms with Gasteiger partial charge in [0.2, 0.25) is 0 Å². The van der Waals surface area contributed by atoms with Gasteiger partial charge in [-0.2, -0.15) is 0 Å². The lowest BCUT2D eigenvalue weighted by atomic mass is 9.89. The minimum atomic E-state index is -1.95. The lowest BCUT2D eigenvalue weighted by molar-refractivity contribution is -0.140. The zero-order chi connectivity index (χ0) is 21.1. The number of rotatable bonds is 6. The van der Waals surface area contributed by atoms with Crippen LogP contribution < -0.4 is 4.90 Å². The summed E-state index contributed by atoms with van der Waals surface area (Å²) in [5, 5.41) is 11.7. The molecule has 3 aromatic rings. The van der Waals surface area contributed by atoms with E-state index >= 15 is 0 Å². The monoisotopic (exact) mass is 417 g/mol. The minimum absolute atomic E-state index is 0.296. The Morgan fingerprint density at radius 1 is 1.00 bits per heavy atom. The van der Waals surface area contributed by atoms with Gasteiger partial charge in [0.05, 0.1) is 18.7 Å². The number of ketones is 1. The van der Waals surface area contributed by atoms with Crippen molar-refractivity contribution in [3.8, 4) is 0 Å². The number of carbonyl (C=O) groups is 2. The van der Waals surface area contributed by atoms with Crippen molar-refractivity contribution in [1.29, 1.82) is 0 Å². The molecule has 0 bridgehead atoms. The molecule has 0 spiro atoms. The number of aliphatic hydroxyl groups is 1. The van der Waals surface area contributed by atoms with Crippen molar-refractivity contribution in [2.45, 2.75) is 18.6 Å². The van der Waals surface area contributed by atoms with Crippen LogP contribution >= 0.6 is 11.6 Å². The summed E-state index contributed by atoms with van der Waals surface area (Å²) >= 11 is 6.14. The molecule has 0 radical (unpaired) electrons. The van der Waals surface area contributed by atoms with Crippen molar-refractivity contribution >= 4 is 35.1 Å². The molecule has 3 aromatic carbocycles. The summed E-state index contributed by atoms with van der Waals surface area (Å²) in [6.07, 6.45) is 2.71. The van der Waals surface area contributed by atoms with Crippen molar-refractivity contribution in [1.82, 2.24) is 0 Å². The lowest BCUT2D eigenvalue weighted by Crippen LogP contribution is -2.41. The highest BCUT2D eigenvalue weighted by molar-refractivity contribution is 6.31.